The fourth-order valence-electron chi connectivity index (χ4n) is 2.53. The Kier molecular flexibility index (Phi) is 8.35. The lowest BCUT2D eigenvalue weighted by atomic mass is 9.96. The zero-order valence-electron chi connectivity index (χ0n) is 11.7. The van der Waals surface area contributed by atoms with Crippen LogP contribution in [0.3, 0.4) is 0 Å². The Morgan fingerprint density at radius 2 is 1.84 bits per heavy atom. The Hall–Kier alpha value is -0.540. The molecule has 1 fully saturated rings. The summed E-state index contributed by atoms with van der Waals surface area (Å²) in [4.78, 5) is 2.51. The molecule has 1 aliphatic heterocycles. The first-order valence-corrected chi connectivity index (χ1v) is 6.37. The maximum absolute atomic E-state index is 4.02. The zero-order chi connectivity index (χ0) is 12.3. The average molecular weight is 303 g/mol. The number of hydrogen-bond donors (Lipinski definition) is 1. The van der Waals surface area contributed by atoms with Crippen molar-refractivity contribution in [2.24, 2.45) is 0 Å². The summed E-state index contributed by atoms with van der Waals surface area (Å²) in [7, 11) is 0. The maximum atomic E-state index is 4.02. The van der Waals surface area contributed by atoms with Gasteiger partial charge in [0.15, 0.2) is 0 Å². The quantitative estimate of drug-likeness (QED) is 0.862. The molecule has 1 N–H and O–H groups in total. The Morgan fingerprint density at radius 3 is 2.42 bits per heavy atom. The number of hydrogen-bond acceptors (Lipinski definition) is 2. The van der Waals surface area contributed by atoms with E-state index >= 15 is 0 Å². The van der Waals surface area contributed by atoms with Crippen LogP contribution in [-0.2, 0) is 0 Å². The summed E-state index contributed by atoms with van der Waals surface area (Å²) in [5.41, 5.74) is 4.17. The molecule has 0 aromatic heterocycles. The lowest BCUT2D eigenvalue weighted by molar-refractivity contribution is 0.203. The van der Waals surface area contributed by atoms with Crippen LogP contribution in [0.15, 0.2) is 30.9 Å². The van der Waals surface area contributed by atoms with Crippen LogP contribution in [-0.4, -0.2) is 31.1 Å². The molecule has 2 rings (SSSR count). The van der Waals surface area contributed by atoms with Crippen molar-refractivity contribution in [1.82, 2.24) is 10.2 Å². The van der Waals surface area contributed by atoms with Crippen molar-refractivity contribution in [3.63, 3.8) is 0 Å². The highest BCUT2D eigenvalue weighted by Gasteiger charge is 2.20. The molecule has 1 aliphatic rings. The molecule has 19 heavy (non-hydrogen) atoms. The fraction of sp³-hybridized carbons (Fsp3) is 0.467. The molecule has 2 nitrogen and oxygen atoms in total. The van der Waals surface area contributed by atoms with Crippen LogP contribution < -0.4 is 5.32 Å². The van der Waals surface area contributed by atoms with Crippen molar-refractivity contribution >= 4 is 24.8 Å². The van der Waals surface area contributed by atoms with Crippen molar-refractivity contribution in [2.75, 3.05) is 26.2 Å². The third kappa shape index (κ3) is 4.22. The van der Waals surface area contributed by atoms with Crippen LogP contribution in [0.2, 0.25) is 0 Å². The first-order valence-electron chi connectivity index (χ1n) is 6.37. The van der Waals surface area contributed by atoms with Crippen molar-refractivity contribution < 1.29 is 0 Å². The fourth-order valence-corrected chi connectivity index (χ4v) is 2.53. The van der Waals surface area contributed by atoms with Gasteiger partial charge in [-0.2, -0.15) is 0 Å². The van der Waals surface area contributed by atoms with E-state index in [2.05, 4.69) is 54.9 Å². The predicted molar refractivity (Wildman–Crippen MR) is 87.8 cm³/mol. The molecule has 0 amide bonds. The molecule has 1 saturated heterocycles. The molecular formula is C15H24Cl2N2. The maximum Gasteiger partial charge on any atom is 0.0532 e. The van der Waals surface area contributed by atoms with E-state index in [1.165, 1.54) is 16.7 Å². The number of aryl methyl sites for hydroxylation is 1. The summed E-state index contributed by atoms with van der Waals surface area (Å²) in [6.07, 6.45) is 2.08. The van der Waals surface area contributed by atoms with E-state index in [0.29, 0.717) is 6.04 Å². The number of nitrogens with one attached hydrogen (secondary N) is 1. The zero-order valence-corrected chi connectivity index (χ0v) is 13.3. The van der Waals surface area contributed by atoms with Gasteiger partial charge in [0.25, 0.3) is 0 Å². The van der Waals surface area contributed by atoms with Crippen LogP contribution >= 0.6 is 24.8 Å². The Bertz CT molecular complexity index is 401. The normalized spacial score (nSPS) is 16.9. The van der Waals surface area contributed by atoms with E-state index < -0.39 is 0 Å². The molecule has 108 valence electrons. The molecule has 0 bridgehead atoms. The lowest BCUT2D eigenvalue weighted by Crippen LogP contribution is -2.44. The predicted octanol–water partition coefficient (Wildman–Crippen LogP) is 3.28. The minimum atomic E-state index is 0. The minimum Gasteiger partial charge on any atom is -0.314 e. The largest absolute Gasteiger partial charge is 0.314 e. The molecule has 0 spiro atoms. The monoisotopic (exact) mass is 302 g/mol. The van der Waals surface area contributed by atoms with E-state index in [-0.39, 0.29) is 24.8 Å². The third-order valence-corrected chi connectivity index (χ3v) is 3.73. The Labute approximate surface area is 129 Å². The molecule has 1 aromatic rings. The summed E-state index contributed by atoms with van der Waals surface area (Å²) < 4.78 is 0. The van der Waals surface area contributed by atoms with Crippen molar-refractivity contribution in [2.45, 2.75) is 19.9 Å². The Balaban J connectivity index is 0.00000162. The van der Waals surface area contributed by atoms with Gasteiger partial charge in [-0.05, 0) is 30.5 Å². The van der Waals surface area contributed by atoms with Gasteiger partial charge in [-0.1, -0.05) is 24.3 Å². The van der Waals surface area contributed by atoms with Crippen LogP contribution in [0.1, 0.15) is 22.7 Å². The van der Waals surface area contributed by atoms with E-state index in [1.807, 2.05) is 0 Å². The summed E-state index contributed by atoms with van der Waals surface area (Å²) >= 11 is 0. The molecule has 0 aliphatic carbocycles. The molecule has 1 heterocycles. The van der Waals surface area contributed by atoms with E-state index in [4.69, 9.17) is 0 Å². The number of rotatable bonds is 3. The summed E-state index contributed by atoms with van der Waals surface area (Å²) in [6.45, 7) is 12.8. The number of benzene rings is 1. The SMILES string of the molecule is C=C[C@H](c1cccc(C)c1C)N1CCNCC1.Cl.Cl. The van der Waals surface area contributed by atoms with E-state index in [1.54, 1.807) is 0 Å². The van der Waals surface area contributed by atoms with Gasteiger partial charge >= 0.3 is 0 Å². The van der Waals surface area contributed by atoms with Gasteiger partial charge in [-0.25, -0.2) is 0 Å². The summed E-state index contributed by atoms with van der Waals surface area (Å²) in [5, 5.41) is 3.40. The van der Waals surface area contributed by atoms with Gasteiger partial charge < -0.3 is 5.32 Å². The smallest absolute Gasteiger partial charge is 0.0532 e. The van der Waals surface area contributed by atoms with Gasteiger partial charge in [0, 0.05) is 26.2 Å². The molecule has 1 atom stereocenters. The standard InChI is InChI=1S/C15H22N2.2ClH/c1-4-15(17-10-8-16-9-11-17)14-7-5-6-12(2)13(14)3;;/h4-7,15-16H,1,8-11H2,2-3H3;2*1H/t15-;;/m1../s1. The number of nitrogens with zero attached hydrogens (tertiary/aromatic N) is 1. The van der Waals surface area contributed by atoms with Gasteiger partial charge in [0.1, 0.15) is 0 Å². The van der Waals surface area contributed by atoms with Gasteiger partial charge in [0.2, 0.25) is 0 Å². The molecule has 1 aromatic carbocycles. The second-order valence-corrected chi connectivity index (χ2v) is 4.76. The molecule has 4 heteroatoms. The molecule has 0 saturated carbocycles. The molecular weight excluding hydrogens is 279 g/mol. The highest BCUT2D eigenvalue weighted by atomic mass is 35.5. The Morgan fingerprint density at radius 1 is 1.21 bits per heavy atom. The second kappa shape index (κ2) is 8.60. The lowest BCUT2D eigenvalue weighted by Gasteiger charge is -2.34. The summed E-state index contributed by atoms with van der Waals surface area (Å²) in [6, 6.07) is 6.92. The first kappa shape index (κ1) is 18.5. The average Bonchev–Trinajstić information content (AvgIpc) is 2.37. The van der Waals surface area contributed by atoms with Crippen LogP contribution in [0.5, 0.6) is 0 Å². The molecule has 0 radical (unpaired) electrons. The highest BCUT2D eigenvalue weighted by molar-refractivity contribution is 5.85. The van der Waals surface area contributed by atoms with E-state index in [9.17, 15) is 0 Å². The molecule has 0 unspecified atom stereocenters. The first-order chi connectivity index (χ1) is 8.24. The van der Waals surface area contributed by atoms with Crippen LogP contribution in [0.4, 0.5) is 0 Å². The minimum absolute atomic E-state index is 0. The van der Waals surface area contributed by atoms with Crippen LogP contribution in [0, 0.1) is 13.8 Å². The van der Waals surface area contributed by atoms with Crippen molar-refractivity contribution in [3.05, 3.63) is 47.5 Å². The third-order valence-electron chi connectivity index (χ3n) is 3.73. The van der Waals surface area contributed by atoms with Gasteiger partial charge in [0.05, 0.1) is 6.04 Å². The topological polar surface area (TPSA) is 15.3 Å². The highest BCUT2D eigenvalue weighted by Crippen LogP contribution is 2.26. The summed E-state index contributed by atoms with van der Waals surface area (Å²) in [5.74, 6) is 0. The van der Waals surface area contributed by atoms with Gasteiger partial charge in [-0.15, -0.1) is 31.4 Å². The van der Waals surface area contributed by atoms with Gasteiger partial charge in [-0.3, -0.25) is 4.90 Å². The number of piperazine rings is 1. The van der Waals surface area contributed by atoms with Crippen molar-refractivity contribution in [3.8, 4) is 0 Å². The number of halogens is 2. The second-order valence-electron chi connectivity index (χ2n) is 4.76. The van der Waals surface area contributed by atoms with Crippen molar-refractivity contribution in [1.29, 1.82) is 0 Å². The van der Waals surface area contributed by atoms with E-state index in [0.717, 1.165) is 26.2 Å². The van der Waals surface area contributed by atoms with Crippen LogP contribution in [0.25, 0.3) is 0 Å².